The monoisotopic (exact) mass is 253 g/mol. The van der Waals surface area contributed by atoms with Crippen molar-refractivity contribution in [1.82, 2.24) is 15.0 Å². The molecule has 0 spiro atoms. The molecule has 3 aromatic rings. The zero-order valence-corrected chi connectivity index (χ0v) is 10.3. The van der Waals surface area contributed by atoms with Crippen LogP contribution >= 0.6 is 0 Å². The fourth-order valence-corrected chi connectivity index (χ4v) is 1.89. The molecule has 0 saturated carbocycles. The Hall–Kier alpha value is -2.69. The SMILES string of the molecule is COC(=O)c1ccc2nc(-c3cccnc3)[nH]c2c1. The van der Waals surface area contributed by atoms with Gasteiger partial charge in [-0.2, -0.15) is 0 Å². The Kier molecular flexibility index (Phi) is 2.72. The van der Waals surface area contributed by atoms with Crippen LogP contribution in [0.5, 0.6) is 0 Å². The van der Waals surface area contributed by atoms with Gasteiger partial charge in [0.25, 0.3) is 0 Å². The summed E-state index contributed by atoms with van der Waals surface area (Å²) >= 11 is 0. The summed E-state index contributed by atoms with van der Waals surface area (Å²) in [6, 6.07) is 8.99. The standard InChI is InChI=1S/C14H11N3O2/c1-19-14(18)9-4-5-11-12(7-9)17-13(16-11)10-3-2-6-15-8-10/h2-8H,1H3,(H,16,17). The summed E-state index contributed by atoms with van der Waals surface area (Å²) in [6.45, 7) is 0. The molecule has 0 aliphatic rings. The van der Waals surface area contributed by atoms with Gasteiger partial charge in [-0.25, -0.2) is 9.78 Å². The lowest BCUT2D eigenvalue weighted by atomic mass is 10.2. The molecule has 0 aliphatic carbocycles. The average molecular weight is 253 g/mol. The number of carbonyl (C=O) groups excluding carboxylic acids is 1. The Balaban J connectivity index is 2.09. The van der Waals surface area contributed by atoms with Gasteiger partial charge in [-0.15, -0.1) is 0 Å². The number of hydrogen-bond acceptors (Lipinski definition) is 4. The van der Waals surface area contributed by atoms with Gasteiger partial charge >= 0.3 is 5.97 Å². The lowest BCUT2D eigenvalue weighted by Crippen LogP contribution is -2.00. The van der Waals surface area contributed by atoms with Gasteiger partial charge in [-0.3, -0.25) is 4.98 Å². The third-order valence-electron chi connectivity index (χ3n) is 2.84. The van der Waals surface area contributed by atoms with Crippen LogP contribution in [-0.4, -0.2) is 28.0 Å². The zero-order chi connectivity index (χ0) is 13.2. The van der Waals surface area contributed by atoms with Crippen molar-refractivity contribution in [3.63, 3.8) is 0 Å². The molecule has 2 heterocycles. The molecule has 0 atom stereocenters. The number of benzene rings is 1. The number of aromatic nitrogens is 3. The van der Waals surface area contributed by atoms with Crippen LogP contribution in [0.4, 0.5) is 0 Å². The van der Waals surface area contributed by atoms with Crippen molar-refractivity contribution in [3.05, 3.63) is 48.3 Å². The minimum Gasteiger partial charge on any atom is -0.465 e. The van der Waals surface area contributed by atoms with E-state index >= 15 is 0 Å². The minimum atomic E-state index is -0.362. The number of hydrogen-bond donors (Lipinski definition) is 1. The Bertz CT molecular complexity index is 735. The number of nitrogens with zero attached hydrogens (tertiary/aromatic N) is 2. The number of imidazole rings is 1. The Morgan fingerprint density at radius 3 is 2.95 bits per heavy atom. The van der Waals surface area contributed by atoms with Crippen LogP contribution in [0.25, 0.3) is 22.4 Å². The summed E-state index contributed by atoms with van der Waals surface area (Å²) in [5.74, 6) is 0.365. The predicted molar refractivity (Wildman–Crippen MR) is 70.7 cm³/mol. The third kappa shape index (κ3) is 2.06. The lowest BCUT2D eigenvalue weighted by molar-refractivity contribution is 0.0601. The fourth-order valence-electron chi connectivity index (χ4n) is 1.89. The fraction of sp³-hybridized carbons (Fsp3) is 0.0714. The number of pyridine rings is 1. The molecule has 0 radical (unpaired) electrons. The number of carbonyl (C=O) groups is 1. The van der Waals surface area contributed by atoms with Crippen LogP contribution in [-0.2, 0) is 4.74 Å². The number of H-pyrrole nitrogens is 1. The molecular weight excluding hydrogens is 242 g/mol. The van der Waals surface area contributed by atoms with Gasteiger partial charge in [0, 0.05) is 18.0 Å². The van der Waals surface area contributed by atoms with Crippen molar-refractivity contribution >= 4 is 17.0 Å². The Morgan fingerprint density at radius 2 is 2.21 bits per heavy atom. The van der Waals surface area contributed by atoms with E-state index in [9.17, 15) is 4.79 Å². The predicted octanol–water partition coefficient (Wildman–Crippen LogP) is 2.41. The molecule has 0 saturated heterocycles. The van der Waals surface area contributed by atoms with Crippen LogP contribution in [0.2, 0.25) is 0 Å². The molecule has 94 valence electrons. The molecule has 2 aromatic heterocycles. The van der Waals surface area contributed by atoms with Gasteiger partial charge in [0.15, 0.2) is 0 Å². The van der Waals surface area contributed by atoms with Crippen molar-refractivity contribution in [1.29, 1.82) is 0 Å². The average Bonchev–Trinajstić information content (AvgIpc) is 2.90. The molecule has 5 nitrogen and oxygen atoms in total. The molecule has 1 N–H and O–H groups in total. The second kappa shape index (κ2) is 4.53. The van der Waals surface area contributed by atoms with Crippen LogP contribution in [0.3, 0.4) is 0 Å². The second-order valence-corrected chi connectivity index (χ2v) is 4.05. The van der Waals surface area contributed by atoms with Crippen molar-refractivity contribution < 1.29 is 9.53 Å². The topological polar surface area (TPSA) is 67.9 Å². The Morgan fingerprint density at radius 1 is 1.32 bits per heavy atom. The molecule has 0 fully saturated rings. The van der Waals surface area contributed by atoms with Crippen molar-refractivity contribution in [2.24, 2.45) is 0 Å². The molecule has 0 aliphatic heterocycles. The highest BCUT2D eigenvalue weighted by Crippen LogP contribution is 2.20. The van der Waals surface area contributed by atoms with Crippen LogP contribution in [0.15, 0.2) is 42.7 Å². The normalized spacial score (nSPS) is 10.6. The smallest absolute Gasteiger partial charge is 0.337 e. The summed E-state index contributed by atoms with van der Waals surface area (Å²) in [6.07, 6.45) is 3.44. The number of rotatable bonds is 2. The first-order valence-electron chi connectivity index (χ1n) is 5.76. The highest BCUT2D eigenvalue weighted by Gasteiger charge is 2.09. The number of aromatic amines is 1. The molecule has 0 bridgehead atoms. The van der Waals surface area contributed by atoms with E-state index in [-0.39, 0.29) is 5.97 Å². The summed E-state index contributed by atoms with van der Waals surface area (Å²) in [7, 11) is 1.36. The quantitative estimate of drug-likeness (QED) is 0.712. The molecule has 0 unspecified atom stereocenters. The molecule has 3 rings (SSSR count). The zero-order valence-electron chi connectivity index (χ0n) is 10.3. The van der Waals surface area contributed by atoms with Gasteiger partial charge in [-0.1, -0.05) is 0 Å². The van der Waals surface area contributed by atoms with Crippen LogP contribution < -0.4 is 0 Å². The summed E-state index contributed by atoms with van der Waals surface area (Å²) in [4.78, 5) is 23.2. The first kappa shape index (κ1) is 11.4. The second-order valence-electron chi connectivity index (χ2n) is 4.05. The van der Waals surface area contributed by atoms with Gasteiger partial charge < -0.3 is 9.72 Å². The molecule has 1 aromatic carbocycles. The number of nitrogens with one attached hydrogen (secondary N) is 1. The van der Waals surface area contributed by atoms with E-state index in [4.69, 9.17) is 4.74 Å². The van der Waals surface area contributed by atoms with E-state index < -0.39 is 0 Å². The maximum Gasteiger partial charge on any atom is 0.337 e. The van der Waals surface area contributed by atoms with Gasteiger partial charge in [0.2, 0.25) is 0 Å². The van der Waals surface area contributed by atoms with Crippen molar-refractivity contribution in [3.8, 4) is 11.4 Å². The minimum absolute atomic E-state index is 0.362. The summed E-state index contributed by atoms with van der Waals surface area (Å²) in [5, 5.41) is 0. The maximum absolute atomic E-state index is 11.5. The summed E-state index contributed by atoms with van der Waals surface area (Å²) in [5.41, 5.74) is 2.99. The number of esters is 1. The molecular formula is C14H11N3O2. The molecule has 5 heteroatoms. The van der Waals surface area contributed by atoms with E-state index in [0.29, 0.717) is 5.56 Å². The third-order valence-corrected chi connectivity index (χ3v) is 2.84. The lowest BCUT2D eigenvalue weighted by Gasteiger charge is -1.97. The number of fused-ring (bicyclic) bond motifs is 1. The molecule has 0 amide bonds. The van der Waals surface area contributed by atoms with Gasteiger partial charge in [0.05, 0.1) is 23.7 Å². The largest absolute Gasteiger partial charge is 0.465 e. The molecule has 19 heavy (non-hydrogen) atoms. The highest BCUT2D eigenvalue weighted by atomic mass is 16.5. The van der Waals surface area contributed by atoms with Gasteiger partial charge in [-0.05, 0) is 30.3 Å². The number of methoxy groups -OCH3 is 1. The Labute approximate surface area is 109 Å². The first-order chi connectivity index (χ1) is 9.28. The van der Waals surface area contributed by atoms with E-state index in [0.717, 1.165) is 22.4 Å². The van der Waals surface area contributed by atoms with E-state index in [2.05, 4.69) is 15.0 Å². The van der Waals surface area contributed by atoms with Crippen LogP contribution in [0, 0.1) is 0 Å². The maximum atomic E-state index is 11.5. The van der Waals surface area contributed by atoms with Gasteiger partial charge in [0.1, 0.15) is 5.82 Å². The number of ether oxygens (including phenoxy) is 1. The van der Waals surface area contributed by atoms with E-state index in [1.54, 1.807) is 30.6 Å². The summed E-state index contributed by atoms with van der Waals surface area (Å²) < 4.78 is 4.69. The van der Waals surface area contributed by atoms with E-state index in [1.165, 1.54) is 7.11 Å². The van der Waals surface area contributed by atoms with Crippen LogP contribution in [0.1, 0.15) is 10.4 Å². The van der Waals surface area contributed by atoms with Crippen molar-refractivity contribution in [2.75, 3.05) is 7.11 Å². The highest BCUT2D eigenvalue weighted by molar-refractivity contribution is 5.94. The van der Waals surface area contributed by atoms with Crippen molar-refractivity contribution in [2.45, 2.75) is 0 Å². The first-order valence-corrected chi connectivity index (χ1v) is 5.76. The van der Waals surface area contributed by atoms with E-state index in [1.807, 2.05) is 12.1 Å².